The van der Waals surface area contributed by atoms with Crippen molar-refractivity contribution in [2.45, 2.75) is 0 Å². The van der Waals surface area contributed by atoms with Gasteiger partial charge in [0.15, 0.2) is 6.61 Å². The third kappa shape index (κ3) is 10.7. The maximum absolute atomic E-state index is 9.39. The number of carbonyl (C=O) groups is 1. The molecule has 0 aliphatic carbocycles. The largest absolute Gasteiger partial charge is 1.00 e. The molecule has 7 heavy (non-hydrogen) atoms. The van der Waals surface area contributed by atoms with Crippen molar-refractivity contribution < 1.29 is 27.1 Å². The molecule has 0 aromatic carbocycles. The minimum atomic E-state index is -1.06. The summed E-state index contributed by atoms with van der Waals surface area (Å²) in [6.45, 7) is -0.431. The fourth-order valence-corrected chi connectivity index (χ4v) is 0.0713. The summed E-state index contributed by atoms with van der Waals surface area (Å²) in [6.07, 6.45) is 0. The van der Waals surface area contributed by atoms with Crippen LogP contribution >= 0.6 is 0 Å². The molecule has 0 spiro atoms. The SMILES string of the molecule is NOCC(=O)O.[Cl-]. The highest BCUT2D eigenvalue weighted by atomic mass is 35.5. The first-order valence-corrected chi connectivity index (χ1v) is 1.31. The maximum Gasteiger partial charge on any atom is 0.331 e. The molecule has 3 N–H and O–H groups in total. The standard InChI is InChI=1S/C2H5NO3.ClH/c3-6-1-2(4)5;/h1,3H2,(H,4,5);1H/p-1. The lowest BCUT2D eigenvalue weighted by Crippen LogP contribution is -3.00. The van der Waals surface area contributed by atoms with Crippen molar-refractivity contribution in [3.8, 4) is 0 Å². The third-order valence-electron chi connectivity index (χ3n) is 0.207. The molecule has 44 valence electrons. The summed E-state index contributed by atoms with van der Waals surface area (Å²) in [5.74, 6) is 3.29. The van der Waals surface area contributed by atoms with Crippen LogP contribution in [-0.4, -0.2) is 17.7 Å². The number of rotatable bonds is 2. The van der Waals surface area contributed by atoms with E-state index >= 15 is 0 Å². The van der Waals surface area contributed by atoms with Gasteiger partial charge in [-0.25, -0.2) is 10.7 Å². The molecule has 0 unspecified atom stereocenters. The quantitative estimate of drug-likeness (QED) is 0.370. The molecule has 0 saturated carbocycles. The smallest absolute Gasteiger partial charge is 0.331 e. The van der Waals surface area contributed by atoms with Crippen LogP contribution in [0.2, 0.25) is 0 Å². The summed E-state index contributed by atoms with van der Waals surface area (Å²) < 4.78 is 0. The van der Waals surface area contributed by atoms with Gasteiger partial charge in [0.25, 0.3) is 0 Å². The first-order chi connectivity index (χ1) is 2.77. The molecule has 0 aliphatic rings. The number of hydrogen-bond donors (Lipinski definition) is 2. The van der Waals surface area contributed by atoms with Gasteiger partial charge in [0.05, 0.1) is 0 Å². The topological polar surface area (TPSA) is 72.5 Å². The summed E-state index contributed by atoms with van der Waals surface area (Å²) >= 11 is 0. The average molecular weight is 127 g/mol. The number of hydrogen-bond acceptors (Lipinski definition) is 3. The molecule has 0 aromatic heterocycles. The van der Waals surface area contributed by atoms with E-state index in [-0.39, 0.29) is 12.4 Å². The normalized spacial score (nSPS) is 7.00. The van der Waals surface area contributed by atoms with E-state index in [1.807, 2.05) is 0 Å². The minimum absolute atomic E-state index is 0. The van der Waals surface area contributed by atoms with E-state index in [2.05, 4.69) is 10.7 Å². The van der Waals surface area contributed by atoms with Gasteiger partial charge in [-0.2, -0.15) is 0 Å². The molecule has 0 atom stereocenters. The molecule has 0 radical (unpaired) electrons. The number of nitrogens with two attached hydrogens (primary N) is 1. The van der Waals surface area contributed by atoms with Crippen LogP contribution in [0, 0.1) is 0 Å². The van der Waals surface area contributed by atoms with Gasteiger partial charge in [0.1, 0.15) is 0 Å². The molecule has 0 aromatic rings. The van der Waals surface area contributed by atoms with Crippen LogP contribution in [0.3, 0.4) is 0 Å². The van der Waals surface area contributed by atoms with Crippen LogP contribution in [0.4, 0.5) is 0 Å². The summed E-state index contributed by atoms with van der Waals surface area (Å²) in [6, 6.07) is 0. The van der Waals surface area contributed by atoms with Crippen LogP contribution in [0.25, 0.3) is 0 Å². The monoisotopic (exact) mass is 126 g/mol. The fourth-order valence-electron chi connectivity index (χ4n) is 0.0713. The zero-order valence-electron chi connectivity index (χ0n) is 3.43. The Labute approximate surface area is 46.6 Å². The highest BCUT2D eigenvalue weighted by molar-refractivity contribution is 5.67. The van der Waals surface area contributed by atoms with Crippen LogP contribution < -0.4 is 18.3 Å². The van der Waals surface area contributed by atoms with Crippen molar-refractivity contribution in [1.29, 1.82) is 0 Å². The average Bonchev–Trinajstić information content (AvgIpc) is 1.35. The van der Waals surface area contributed by atoms with E-state index in [9.17, 15) is 4.79 Å². The second kappa shape index (κ2) is 5.68. The second-order valence-electron chi connectivity index (χ2n) is 0.705. The molecule has 5 heteroatoms. The molecule has 0 aliphatic heterocycles. The Kier molecular flexibility index (Phi) is 7.98. The lowest BCUT2D eigenvalue weighted by molar-refractivity contribution is -0.142. The van der Waals surface area contributed by atoms with Gasteiger partial charge in [-0.1, -0.05) is 0 Å². The first kappa shape index (κ1) is 9.84. The van der Waals surface area contributed by atoms with Crippen molar-refractivity contribution in [2.24, 2.45) is 5.90 Å². The van der Waals surface area contributed by atoms with Gasteiger partial charge in [-0.15, -0.1) is 0 Å². The number of aliphatic carboxylic acids is 1. The number of carboxylic acids is 1. The van der Waals surface area contributed by atoms with Crippen molar-refractivity contribution in [3.63, 3.8) is 0 Å². The van der Waals surface area contributed by atoms with Crippen LogP contribution in [-0.2, 0) is 9.63 Å². The Morgan fingerprint density at radius 3 is 2.29 bits per heavy atom. The third-order valence-corrected chi connectivity index (χ3v) is 0.207. The number of halogens is 1. The van der Waals surface area contributed by atoms with Gasteiger partial charge in [0.2, 0.25) is 0 Å². The van der Waals surface area contributed by atoms with E-state index in [1.165, 1.54) is 0 Å². The summed E-state index contributed by atoms with van der Waals surface area (Å²) in [5, 5.41) is 7.71. The van der Waals surface area contributed by atoms with Gasteiger partial charge in [-0.3, -0.25) is 4.84 Å². The summed E-state index contributed by atoms with van der Waals surface area (Å²) in [5.41, 5.74) is 0. The molecule has 0 bridgehead atoms. The molecule has 0 heterocycles. The molecule has 0 fully saturated rings. The van der Waals surface area contributed by atoms with Gasteiger partial charge in [0, 0.05) is 0 Å². The molecule has 4 nitrogen and oxygen atoms in total. The fraction of sp³-hybridized carbons (Fsp3) is 0.500. The lowest BCUT2D eigenvalue weighted by Gasteiger charge is -1.83. The predicted octanol–water partition coefficient (Wildman–Crippen LogP) is -4.03. The first-order valence-electron chi connectivity index (χ1n) is 1.31. The van der Waals surface area contributed by atoms with E-state index < -0.39 is 12.6 Å². The summed E-state index contributed by atoms with van der Waals surface area (Å²) in [7, 11) is 0. The molecule has 0 saturated heterocycles. The Balaban J connectivity index is 0. The molecule has 0 amide bonds. The van der Waals surface area contributed by atoms with Crippen LogP contribution in [0.5, 0.6) is 0 Å². The minimum Gasteiger partial charge on any atom is -1.00 e. The van der Waals surface area contributed by atoms with Crippen molar-refractivity contribution >= 4 is 5.97 Å². The van der Waals surface area contributed by atoms with Gasteiger partial charge in [-0.05, 0) is 0 Å². The van der Waals surface area contributed by atoms with Crippen LogP contribution in [0.1, 0.15) is 0 Å². The maximum atomic E-state index is 9.39. The predicted molar refractivity (Wildman–Crippen MR) is 17.8 cm³/mol. The van der Waals surface area contributed by atoms with E-state index in [0.717, 1.165) is 0 Å². The molecular formula is C2H5ClNO3-. The second-order valence-corrected chi connectivity index (χ2v) is 0.705. The summed E-state index contributed by atoms with van der Waals surface area (Å²) in [4.78, 5) is 13.1. The van der Waals surface area contributed by atoms with Crippen molar-refractivity contribution in [3.05, 3.63) is 0 Å². The van der Waals surface area contributed by atoms with Gasteiger partial charge >= 0.3 is 5.97 Å². The zero-order valence-corrected chi connectivity index (χ0v) is 4.18. The Morgan fingerprint density at radius 1 is 1.86 bits per heavy atom. The van der Waals surface area contributed by atoms with E-state index in [1.54, 1.807) is 0 Å². The highest BCUT2D eigenvalue weighted by Crippen LogP contribution is 1.57. The van der Waals surface area contributed by atoms with E-state index in [0.29, 0.717) is 0 Å². The molecular weight excluding hydrogens is 121 g/mol. The van der Waals surface area contributed by atoms with Crippen LogP contribution in [0.15, 0.2) is 0 Å². The van der Waals surface area contributed by atoms with Gasteiger partial charge < -0.3 is 17.5 Å². The zero-order chi connectivity index (χ0) is 4.99. The van der Waals surface area contributed by atoms with E-state index in [4.69, 9.17) is 5.11 Å². The Hall–Kier alpha value is -0.320. The highest BCUT2D eigenvalue weighted by Gasteiger charge is 1.88. The number of carboxylic acid groups (broad SMARTS) is 1. The van der Waals surface area contributed by atoms with Crippen molar-refractivity contribution in [1.82, 2.24) is 0 Å². The Morgan fingerprint density at radius 2 is 2.29 bits per heavy atom. The molecule has 0 rings (SSSR count). The Bertz CT molecular complexity index is 56.9. The van der Waals surface area contributed by atoms with Crippen molar-refractivity contribution in [2.75, 3.05) is 6.61 Å². The lowest BCUT2D eigenvalue weighted by atomic mass is 10.8.